The lowest BCUT2D eigenvalue weighted by molar-refractivity contribution is 0.349. The first-order chi connectivity index (χ1) is 13.2. The molecule has 4 rings (SSSR count). The topological polar surface area (TPSA) is 108 Å². The van der Waals surface area contributed by atoms with E-state index in [1.165, 1.54) is 0 Å². The second-order valence-corrected chi connectivity index (χ2v) is 6.17. The second-order valence-electron chi connectivity index (χ2n) is 6.17. The number of rotatable bonds is 4. The molecule has 136 valence electrons. The number of ether oxygens (including phenoxy) is 1. The average molecular weight is 361 g/mol. The van der Waals surface area contributed by atoms with Crippen molar-refractivity contribution in [2.45, 2.75) is 32.7 Å². The van der Waals surface area contributed by atoms with Gasteiger partial charge in [0.05, 0.1) is 41.1 Å². The zero-order valence-electron chi connectivity index (χ0n) is 15.1. The lowest BCUT2D eigenvalue weighted by Gasteiger charge is -2.24. The van der Waals surface area contributed by atoms with E-state index in [2.05, 4.69) is 21.1 Å². The Balaban J connectivity index is 1.86. The number of nitriles is 1. The first-order valence-electron chi connectivity index (χ1n) is 8.79. The lowest BCUT2D eigenvalue weighted by atomic mass is 9.86. The molecule has 0 amide bonds. The standard InChI is InChI=1S/C19H19N7O/c1-3-14-17-16(13(9-20)18(21)27-19(17)26(4-2)24-14)15-6-5-12(10-23-15)25-8-7-22-11-25/h5-8,10-11,16H,3-4,21H2,1-2H3. The fourth-order valence-corrected chi connectivity index (χ4v) is 3.37. The van der Waals surface area contributed by atoms with Crippen molar-refractivity contribution in [2.75, 3.05) is 0 Å². The van der Waals surface area contributed by atoms with Crippen molar-refractivity contribution in [1.29, 1.82) is 5.26 Å². The molecule has 0 aromatic carbocycles. The van der Waals surface area contributed by atoms with Gasteiger partial charge in [0.1, 0.15) is 11.6 Å². The van der Waals surface area contributed by atoms with Gasteiger partial charge in [0, 0.05) is 18.9 Å². The van der Waals surface area contributed by atoms with E-state index in [0.717, 1.165) is 29.1 Å². The van der Waals surface area contributed by atoms with Crippen LogP contribution in [0.4, 0.5) is 0 Å². The molecule has 8 heteroatoms. The highest BCUT2D eigenvalue weighted by atomic mass is 16.5. The minimum absolute atomic E-state index is 0.104. The van der Waals surface area contributed by atoms with Gasteiger partial charge in [0.25, 0.3) is 0 Å². The molecule has 0 aliphatic carbocycles. The molecule has 0 fully saturated rings. The van der Waals surface area contributed by atoms with Crippen LogP contribution >= 0.6 is 0 Å². The Bertz CT molecular complexity index is 1040. The molecule has 8 nitrogen and oxygen atoms in total. The molecule has 4 heterocycles. The van der Waals surface area contributed by atoms with Gasteiger partial charge in [-0.2, -0.15) is 10.4 Å². The Morgan fingerprint density at radius 2 is 2.19 bits per heavy atom. The van der Waals surface area contributed by atoms with Crippen LogP contribution in [0.25, 0.3) is 5.69 Å². The van der Waals surface area contributed by atoms with E-state index in [0.29, 0.717) is 18.0 Å². The molecular formula is C19H19N7O. The van der Waals surface area contributed by atoms with E-state index in [1.54, 1.807) is 23.4 Å². The number of nitrogens with two attached hydrogens (primary N) is 1. The zero-order valence-corrected chi connectivity index (χ0v) is 15.1. The molecule has 0 saturated heterocycles. The number of hydrogen-bond donors (Lipinski definition) is 1. The molecule has 27 heavy (non-hydrogen) atoms. The van der Waals surface area contributed by atoms with E-state index in [9.17, 15) is 5.26 Å². The van der Waals surface area contributed by atoms with Crippen LogP contribution in [-0.4, -0.2) is 24.3 Å². The van der Waals surface area contributed by atoms with Crippen LogP contribution in [0.3, 0.4) is 0 Å². The van der Waals surface area contributed by atoms with Gasteiger partial charge >= 0.3 is 0 Å². The fourth-order valence-electron chi connectivity index (χ4n) is 3.37. The van der Waals surface area contributed by atoms with Gasteiger partial charge in [-0.05, 0) is 25.5 Å². The summed E-state index contributed by atoms with van der Waals surface area (Å²) in [5.74, 6) is 0.301. The highest BCUT2D eigenvalue weighted by Gasteiger charge is 2.36. The second kappa shape index (κ2) is 6.61. The molecule has 0 radical (unpaired) electrons. The van der Waals surface area contributed by atoms with Gasteiger partial charge in [-0.1, -0.05) is 6.92 Å². The Kier molecular flexibility index (Phi) is 4.12. The summed E-state index contributed by atoms with van der Waals surface area (Å²) in [5.41, 5.74) is 9.80. The molecule has 1 aliphatic heterocycles. The van der Waals surface area contributed by atoms with Crippen LogP contribution in [0.1, 0.15) is 36.7 Å². The number of fused-ring (bicyclic) bond motifs is 1. The Morgan fingerprint density at radius 1 is 1.33 bits per heavy atom. The summed E-state index contributed by atoms with van der Waals surface area (Å²) in [6.07, 6.45) is 7.75. The van der Waals surface area contributed by atoms with Crippen LogP contribution in [0, 0.1) is 11.3 Å². The lowest BCUT2D eigenvalue weighted by Crippen LogP contribution is -2.23. The third-order valence-corrected chi connectivity index (χ3v) is 4.69. The minimum atomic E-state index is -0.397. The highest BCUT2D eigenvalue weighted by molar-refractivity contribution is 5.54. The molecule has 1 unspecified atom stereocenters. The zero-order chi connectivity index (χ0) is 19.0. The highest BCUT2D eigenvalue weighted by Crippen LogP contribution is 2.43. The number of aryl methyl sites for hydroxylation is 2. The molecule has 3 aromatic rings. The Morgan fingerprint density at radius 3 is 2.78 bits per heavy atom. The summed E-state index contributed by atoms with van der Waals surface area (Å²) in [6, 6.07) is 6.05. The van der Waals surface area contributed by atoms with Crippen LogP contribution < -0.4 is 10.5 Å². The van der Waals surface area contributed by atoms with Crippen molar-refractivity contribution in [2.24, 2.45) is 5.73 Å². The maximum atomic E-state index is 9.72. The van der Waals surface area contributed by atoms with Crippen molar-refractivity contribution in [3.8, 4) is 17.6 Å². The molecule has 2 N–H and O–H groups in total. The van der Waals surface area contributed by atoms with Crippen LogP contribution in [0.15, 0.2) is 48.5 Å². The van der Waals surface area contributed by atoms with Crippen LogP contribution in [-0.2, 0) is 13.0 Å². The number of allylic oxidation sites excluding steroid dienone is 1. The number of pyridine rings is 1. The first-order valence-corrected chi connectivity index (χ1v) is 8.79. The fraction of sp³-hybridized carbons (Fsp3) is 0.263. The van der Waals surface area contributed by atoms with Gasteiger partial charge in [0.2, 0.25) is 11.8 Å². The number of nitrogens with zero attached hydrogens (tertiary/aromatic N) is 6. The van der Waals surface area contributed by atoms with Crippen molar-refractivity contribution in [1.82, 2.24) is 24.3 Å². The summed E-state index contributed by atoms with van der Waals surface area (Å²) in [7, 11) is 0. The van der Waals surface area contributed by atoms with Crippen LogP contribution in [0.5, 0.6) is 5.88 Å². The van der Waals surface area contributed by atoms with Gasteiger partial charge in [-0.25, -0.2) is 9.67 Å². The predicted molar refractivity (Wildman–Crippen MR) is 97.9 cm³/mol. The number of aromatic nitrogens is 5. The van der Waals surface area contributed by atoms with E-state index in [1.807, 2.05) is 36.7 Å². The maximum absolute atomic E-state index is 9.72. The summed E-state index contributed by atoms with van der Waals surface area (Å²) in [6.45, 7) is 4.67. The molecule has 0 spiro atoms. The Hall–Kier alpha value is -3.60. The van der Waals surface area contributed by atoms with E-state index in [-0.39, 0.29) is 5.88 Å². The van der Waals surface area contributed by atoms with Crippen molar-refractivity contribution in [3.63, 3.8) is 0 Å². The molecule has 0 bridgehead atoms. The maximum Gasteiger partial charge on any atom is 0.224 e. The molecule has 1 atom stereocenters. The van der Waals surface area contributed by atoms with E-state index in [4.69, 9.17) is 10.5 Å². The third kappa shape index (κ3) is 2.64. The van der Waals surface area contributed by atoms with Crippen LogP contribution in [0.2, 0.25) is 0 Å². The van der Waals surface area contributed by atoms with E-state index >= 15 is 0 Å². The third-order valence-electron chi connectivity index (χ3n) is 4.69. The van der Waals surface area contributed by atoms with E-state index < -0.39 is 5.92 Å². The van der Waals surface area contributed by atoms with Crippen molar-refractivity contribution >= 4 is 0 Å². The van der Waals surface area contributed by atoms with Gasteiger partial charge in [0.15, 0.2) is 0 Å². The first kappa shape index (κ1) is 16.8. The minimum Gasteiger partial charge on any atom is -0.422 e. The predicted octanol–water partition coefficient (Wildman–Crippen LogP) is 2.26. The van der Waals surface area contributed by atoms with Gasteiger partial charge in [-0.3, -0.25) is 4.98 Å². The summed E-state index contributed by atoms with van der Waals surface area (Å²) in [5, 5.41) is 14.3. The smallest absolute Gasteiger partial charge is 0.224 e. The number of imidazole rings is 1. The van der Waals surface area contributed by atoms with Crippen molar-refractivity contribution < 1.29 is 4.74 Å². The molecule has 1 aliphatic rings. The summed E-state index contributed by atoms with van der Waals surface area (Å²) in [4.78, 5) is 8.67. The molecule has 0 saturated carbocycles. The average Bonchev–Trinajstić information content (AvgIpc) is 3.35. The molecular weight excluding hydrogens is 342 g/mol. The normalized spacial score (nSPS) is 16.0. The summed E-state index contributed by atoms with van der Waals surface area (Å²) >= 11 is 0. The Labute approximate surface area is 156 Å². The monoisotopic (exact) mass is 361 g/mol. The largest absolute Gasteiger partial charge is 0.422 e. The molecule has 3 aromatic heterocycles. The van der Waals surface area contributed by atoms with Gasteiger partial charge < -0.3 is 15.0 Å². The quantitative estimate of drug-likeness (QED) is 0.764. The SMILES string of the molecule is CCc1nn(CC)c2c1C(c1ccc(-n3ccnc3)cn1)C(C#N)=C(N)O2. The van der Waals surface area contributed by atoms with Gasteiger partial charge in [-0.15, -0.1) is 0 Å². The van der Waals surface area contributed by atoms with Crippen molar-refractivity contribution in [3.05, 3.63) is 65.5 Å². The summed E-state index contributed by atoms with van der Waals surface area (Å²) < 4.78 is 9.42. The number of hydrogen-bond acceptors (Lipinski definition) is 6.